The van der Waals surface area contributed by atoms with Gasteiger partial charge in [-0.15, -0.1) is 0 Å². The molecule has 2 saturated carbocycles. The lowest BCUT2D eigenvalue weighted by atomic mass is 9.73. The van der Waals surface area contributed by atoms with Crippen molar-refractivity contribution in [1.29, 1.82) is 0 Å². The molecule has 0 aromatic heterocycles. The molecule has 3 atom stereocenters. The topological polar surface area (TPSA) is 46.6 Å². The zero-order valence-electron chi connectivity index (χ0n) is 14.2. The number of sulfone groups is 1. The highest BCUT2D eigenvalue weighted by Gasteiger charge is 2.69. The third-order valence-electron chi connectivity index (χ3n) is 7.02. The van der Waals surface area contributed by atoms with Gasteiger partial charge in [-0.2, -0.15) is 0 Å². The molecule has 0 radical (unpaired) electrons. The fourth-order valence-corrected chi connectivity index (χ4v) is 9.54. The zero-order valence-corrected chi connectivity index (χ0v) is 15.0. The molecule has 2 saturated heterocycles. The smallest absolute Gasteiger partial charge is 0.160 e. The lowest BCUT2D eigenvalue weighted by molar-refractivity contribution is -0.0477. The second-order valence-electron chi connectivity index (χ2n) is 8.09. The van der Waals surface area contributed by atoms with Gasteiger partial charge in [0, 0.05) is 13.1 Å². The van der Waals surface area contributed by atoms with Crippen molar-refractivity contribution in [2.45, 2.75) is 80.2 Å². The molecule has 0 N–H and O–H groups in total. The molecule has 0 spiro atoms. The maximum Gasteiger partial charge on any atom is 0.160 e. The van der Waals surface area contributed by atoms with E-state index in [1.54, 1.807) is 0 Å². The summed E-state index contributed by atoms with van der Waals surface area (Å²) in [5.74, 6) is 0.408. The molecule has 4 rings (SSSR count). The molecule has 0 aromatic carbocycles. The van der Waals surface area contributed by atoms with Gasteiger partial charge in [-0.05, 0) is 31.6 Å². The van der Waals surface area contributed by atoms with Crippen LogP contribution in [-0.4, -0.2) is 55.7 Å². The van der Waals surface area contributed by atoms with E-state index < -0.39 is 9.84 Å². The van der Waals surface area contributed by atoms with E-state index in [0.29, 0.717) is 5.92 Å². The minimum atomic E-state index is -2.94. The Labute approximate surface area is 140 Å². The van der Waals surface area contributed by atoms with Gasteiger partial charge in [0.25, 0.3) is 0 Å². The van der Waals surface area contributed by atoms with Crippen LogP contribution in [0.2, 0.25) is 0 Å². The summed E-state index contributed by atoms with van der Waals surface area (Å²) in [6.07, 6.45) is 11.5. The van der Waals surface area contributed by atoms with Crippen LogP contribution in [-0.2, 0) is 14.6 Å². The van der Waals surface area contributed by atoms with Crippen molar-refractivity contribution in [3.8, 4) is 0 Å². The van der Waals surface area contributed by atoms with Crippen LogP contribution in [0, 0.1) is 5.92 Å². The Morgan fingerprint density at radius 3 is 2.26 bits per heavy atom. The molecule has 2 aliphatic heterocycles. The molecule has 2 heterocycles. The molecule has 0 amide bonds. The standard InChI is InChI=1S/C18H31NO3S/c20-23(21)16-9-5-2-6-10-18(16,19-11-13-22-14-12-19)17(23)15-7-3-1-4-8-15/h15-17H,1-14H2/t16-,17-,18+/m0/s1. The zero-order chi connectivity index (χ0) is 15.9. The Bertz CT molecular complexity index is 522. The third kappa shape index (κ3) is 2.49. The van der Waals surface area contributed by atoms with Gasteiger partial charge in [0.05, 0.1) is 29.3 Å². The minimum Gasteiger partial charge on any atom is -0.379 e. The van der Waals surface area contributed by atoms with E-state index in [1.807, 2.05) is 0 Å². The minimum absolute atomic E-state index is 0.0544. The summed E-state index contributed by atoms with van der Waals surface area (Å²) < 4.78 is 32.0. The fourth-order valence-electron chi connectivity index (χ4n) is 6.12. The molecule has 5 heteroatoms. The van der Waals surface area contributed by atoms with Crippen molar-refractivity contribution in [2.24, 2.45) is 5.92 Å². The number of fused-ring (bicyclic) bond motifs is 1. The van der Waals surface area contributed by atoms with Gasteiger partial charge < -0.3 is 4.74 Å². The average molecular weight is 342 g/mol. The summed E-state index contributed by atoms with van der Waals surface area (Å²) in [4.78, 5) is 2.55. The Morgan fingerprint density at radius 2 is 1.52 bits per heavy atom. The van der Waals surface area contributed by atoms with E-state index >= 15 is 0 Å². The van der Waals surface area contributed by atoms with Gasteiger partial charge in [0.2, 0.25) is 0 Å². The van der Waals surface area contributed by atoms with E-state index in [4.69, 9.17) is 4.74 Å². The van der Waals surface area contributed by atoms with Crippen LogP contribution >= 0.6 is 0 Å². The molecule has 4 nitrogen and oxygen atoms in total. The first-order valence-corrected chi connectivity index (χ1v) is 11.3. The number of morpholine rings is 1. The van der Waals surface area contributed by atoms with Crippen molar-refractivity contribution in [1.82, 2.24) is 4.90 Å². The monoisotopic (exact) mass is 341 g/mol. The Hall–Kier alpha value is -0.130. The van der Waals surface area contributed by atoms with Crippen LogP contribution in [0.4, 0.5) is 0 Å². The van der Waals surface area contributed by atoms with E-state index in [9.17, 15) is 8.42 Å². The highest BCUT2D eigenvalue weighted by molar-refractivity contribution is 7.94. The fraction of sp³-hybridized carbons (Fsp3) is 1.00. The second kappa shape index (κ2) is 6.30. The second-order valence-corrected chi connectivity index (χ2v) is 10.3. The molecular weight excluding hydrogens is 310 g/mol. The summed E-state index contributed by atoms with van der Waals surface area (Å²) >= 11 is 0. The molecular formula is C18H31NO3S. The Morgan fingerprint density at radius 1 is 0.870 bits per heavy atom. The first-order chi connectivity index (χ1) is 11.2. The predicted molar refractivity (Wildman–Crippen MR) is 91.3 cm³/mol. The highest BCUT2D eigenvalue weighted by atomic mass is 32.2. The van der Waals surface area contributed by atoms with Gasteiger partial charge in [-0.25, -0.2) is 8.42 Å². The number of hydrogen-bond acceptors (Lipinski definition) is 4. The van der Waals surface area contributed by atoms with E-state index in [2.05, 4.69) is 4.90 Å². The number of rotatable bonds is 2. The lowest BCUT2D eigenvalue weighted by Crippen LogP contribution is -2.79. The summed E-state index contributed by atoms with van der Waals surface area (Å²) in [5.41, 5.74) is -0.0544. The van der Waals surface area contributed by atoms with Gasteiger partial charge in [-0.3, -0.25) is 4.90 Å². The molecule has 23 heavy (non-hydrogen) atoms. The summed E-state index contributed by atoms with van der Waals surface area (Å²) in [5, 5.41) is -0.181. The van der Waals surface area contributed by atoms with Crippen molar-refractivity contribution < 1.29 is 13.2 Å². The van der Waals surface area contributed by atoms with E-state index in [-0.39, 0.29) is 16.0 Å². The Kier molecular flexibility index (Phi) is 4.48. The summed E-state index contributed by atoms with van der Waals surface area (Å²) in [6, 6.07) is 0. The van der Waals surface area contributed by atoms with Gasteiger partial charge in [-0.1, -0.05) is 38.5 Å². The van der Waals surface area contributed by atoms with Crippen LogP contribution in [0.3, 0.4) is 0 Å². The molecule has 2 aliphatic carbocycles. The van der Waals surface area contributed by atoms with Crippen molar-refractivity contribution >= 4 is 9.84 Å². The SMILES string of the molecule is O=S1(=O)[C@H]2CCCCC[C@]2(N2CCOCC2)[C@@H]1C1CCCCC1. The van der Waals surface area contributed by atoms with E-state index in [0.717, 1.165) is 58.4 Å². The molecule has 4 aliphatic rings. The molecule has 0 bridgehead atoms. The quantitative estimate of drug-likeness (QED) is 0.775. The first-order valence-electron chi connectivity index (χ1n) is 9.73. The molecule has 0 aromatic rings. The molecule has 132 valence electrons. The third-order valence-corrected chi connectivity index (χ3v) is 9.96. The van der Waals surface area contributed by atoms with Crippen molar-refractivity contribution in [3.05, 3.63) is 0 Å². The molecule has 0 unspecified atom stereocenters. The van der Waals surface area contributed by atoms with Gasteiger partial charge >= 0.3 is 0 Å². The van der Waals surface area contributed by atoms with Crippen molar-refractivity contribution in [3.63, 3.8) is 0 Å². The predicted octanol–water partition coefficient (Wildman–Crippen LogP) is 2.77. The highest BCUT2D eigenvalue weighted by Crippen LogP contribution is 2.56. The van der Waals surface area contributed by atoms with Crippen LogP contribution < -0.4 is 0 Å². The Balaban J connectivity index is 1.71. The summed E-state index contributed by atoms with van der Waals surface area (Å²) in [7, 11) is -2.94. The largest absolute Gasteiger partial charge is 0.379 e. The normalized spacial score (nSPS) is 42.4. The van der Waals surface area contributed by atoms with E-state index in [1.165, 1.54) is 32.1 Å². The number of ether oxygens (including phenoxy) is 1. The van der Waals surface area contributed by atoms with Crippen LogP contribution in [0.1, 0.15) is 64.2 Å². The average Bonchev–Trinajstić information content (AvgIpc) is 2.78. The number of hydrogen-bond donors (Lipinski definition) is 0. The maximum absolute atomic E-state index is 13.2. The van der Waals surface area contributed by atoms with Gasteiger partial charge in [0.1, 0.15) is 0 Å². The van der Waals surface area contributed by atoms with Gasteiger partial charge in [0.15, 0.2) is 9.84 Å². The molecule has 4 fully saturated rings. The van der Waals surface area contributed by atoms with Crippen molar-refractivity contribution in [2.75, 3.05) is 26.3 Å². The number of nitrogens with zero attached hydrogens (tertiary/aromatic N) is 1. The van der Waals surface area contributed by atoms with Crippen LogP contribution in [0.15, 0.2) is 0 Å². The van der Waals surface area contributed by atoms with Crippen LogP contribution in [0.5, 0.6) is 0 Å². The summed E-state index contributed by atoms with van der Waals surface area (Å²) in [6.45, 7) is 3.39. The lowest BCUT2D eigenvalue weighted by Gasteiger charge is -2.63. The van der Waals surface area contributed by atoms with Crippen LogP contribution in [0.25, 0.3) is 0 Å². The first kappa shape index (κ1) is 16.3. The maximum atomic E-state index is 13.2.